The second-order valence-electron chi connectivity index (χ2n) is 8.99. The number of aliphatic hydroxyl groups is 1. The highest BCUT2D eigenvalue weighted by Crippen LogP contribution is 2.37. The molecule has 0 saturated carbocycles. The number of hydrogen-bond acceptors (Lipinski definition) is 8. The Morgan fingerprint density at radius 1 is 0.930 bits per heavy atom. The number of halogens is 6. The van der Waals surface area contributed by atoms with Gasteiger partial charge in [-0.15, -0.1) is 0 Å². The standard InChI is InChI=1S/C27H27I6N3O7/c1-3-13(10-14-15(28)11-16(29)23(19(14)30)34-6-4-5-8-37)26(41)43-27(42)18-20(31)17(25(40)35-7-9-38)21(32)24(22(18)33)36-12(2)39/h8,11,13,34,38H,3-7,9-10H2,1-2H3,(H,35,40)(H,36,39). The fourth-order valence-corrected chi connectivity index (χ4v) is 12.4. The Morgan fingerprint density at radius 3 is 2.16 bits per heavy atom. The molecule has 2 amide bonds. The summed E-state index contributed by atoms with van der Waals surface area (Å²) >= 11 is 12.4. The molecule has 2 rings (SSSR count). The smallest absolute Gasteiger partial charge is 0.348 e. The van der Waals surface area contributed by atoms with Gasteiger partial charge in [0.05, 0.1) is 42.2 Å². The maximum Gasteiger partial charge on any atom is 0.348 e. The lowest BCUT2D eigenvalue weighted by atomic mass is 9.96. The number of esters is 2. The molecule has 0 radical (unpaired) electrons. The van der Waals surface area contributed by atoms with E-state index < -0.39 is 29.7 Å². The minimum absolute atomic E-state index is 0.00495. The highest BCUT2D eigenvalue weighted by Gasteiger charge is 2.32. The molecule has 4 N–H and O–H groups in total. The molecular formula is C27H27I6N3O7. The van der Waals surface area contributed by atoms with Gasteiger partial charge in [-0.25, -0.2) is 4.79 Å². The predicted molar refractivity (Wildman–Crippen MR) is 215 cm³/mol. The predicted octanol–water partition coefficient (Wildman–Crippen LogP) is 6.34. The van der Waals surface area contributed by atoms with E-state index in [1.54, 1.807) is 0 Å². The molecule has 0 spiro atoms. The van der Waals surface area contributed by atoms with Gasteiger partial charge in [0.25, 0.3) is 5.91 Å². The first kappa shape index (κ1) is 39.5. The largest absolute Gasteiger partial charge is 0.395 e. The van der Waals surface area contributed by atoms with Crippen molar-refractivity contribution in [3.05, 3.63) is 44.2 Å². The molecule has 0 saturated heterocycles. The quantitative estimate of drug-likeness (QED) is 0.0564. The number of carbonyl (C=O) groups excluding carboxylic acids is 5. The van der Waals surface area contributed by atoms with Gasteiger partial charge in [-0.2, -0.15) is 0 Å². The van der Waals surface area contributed by atoms with Gasteiger partial charge in [0.1, 0.15) is 6.29 Å². The highest BCUT2D eigenvalue weighted by atomic mass is 127. The third-order valence-corrected chi connectivity index (χ3v) is 12.2. The van der Waals surface area contributed by atoms with Crippen LogP contribution in [0.2, 0.25) is 0 Å². The maximum absolute atomic E-state index is 13.5. The fourth-order valence-electron chi connectivity index (χ4n) is 3.83. The van der Waals surface area contributed by atoms with Crippen LogP contribution in [0.25, 0.3) is 0 Å². The summed E-state index contributed by atoms with van der Waals surface area (Å²) in [7, 11) is 0. The van der Waals surface area contributed by atoms with Crippen LogP contribution in [-0.2, 0) is 25.5 Å². The first-order valence-corrected chi connectivity index (χ1v) is 19.2. The monoisotopic (exact) mass is 1270 g/mol. The molecule has 2 aromatic carbocycles. The lowest BCUT2D eigenvalue weighted by Gasteiger charge is -2.21. The number of aliphatic hydroxyl groups excluding tert-OH is 1. The van der Waals surface area contributed by atoms with E-state index in [9.17, 15) is 24.0 Å². The van der Waals surface area contributed by atoms with Crippen LogP contribution in [0, 0.1) is 27.3 Å². The molecule has 1 atom stereocenters. The molecule has 0 aromatic heterocycles. The number of hydrogen-bond donors (Lipinski definition) is 4. The maximum atomic E-state index is 13.5. The third kappa shape index (κ3) is 10.7. The molecule has 16 heteroatoms. The molecule has 0 aliphatic carbocycles. The molecule has 0 heterocycles. The highest BCUT2D eigenvalue weighted by molar-refractivity contribution is 14.1. The number of nitrogens with one attached hydrogen (secondary N) is 3. The summed E-state index contributed by atoms with van der Waals surface area (Å²) in [5.74, 6) is -3.21. The van der Waals surface area contributed by atoms with Crippen molar-refractivity contribution < 1.29 is 33.8 Å². The van der Waals surface area contributed by atoms with Crippen molar-refractivity contribution in [1.82, 2.24) is 5.32 Å². The van der Waals surface area contributed by atoms with E-state index in [4.69, 9.17) is 9.84 Å². The van der Waals surface area contributed by atoms with E-state index >= 15 is 0 Å². The number of carbonyl (C=O) groups is 5. The van der Waals surface area contributed by atoms with Crippen molar-refractivity contribution in [1.29, 1.82) is 0 Å². The fraction of sp³-hybridized carbons (Fsp3) is 0.370. The van der Waals surface area contributed by atoms with E-state index in [0.29, 0.717) is 39.4 Å². The van der Waals surface area contributed by atoms with Crippen molar-refractivity contribution in [3.8, 4) is 0 Å². The number of benzene rings is 2. The Morgan fingerprint density at radius 2 is 1.58 bits per heavy atom. The van der Waals surface area contributed by atoms with Gasteiger partial charge in [-0.3, -0.25) is 14.4 Å². The summed E-state index contributed by atoms with van der Waals surface area (Å²) in [4.78, 5) is 62.6. The van der Waals surface area contributed by atoms with Crippen LogP contribution in [0.5, 0.6) is 0 Å². The van der Waals surface area contributed by atoms with Crippen LogP contribution in [0.4, 0.5) is 11.4 Å². The average molecular weight is 1270 g/mol. The topological polar surface area (TPSA) is 151 Å². The molecule has 0 fully saturated rings. The number of rotatable bonds is 14. The normalized spacial score (nSPS) is 11.5. The Balaban J connectivity index is 2.44. The summed E-state index contributed by atoms with van der Waals surface area (Å²) in [6.07, 6.45) is 2.81. The van der Waals surface area contributed by atoms with Crippen molar-refractivity contribution in [3.63, 3.8) is 0 Å². The van der Waals surface area contributed by atoms with Crippen LogP contribution < -0.4 is 16.0 Å². The SMILES string of the molecule is CCC(Cc1c(I)cc(I)c(NCCCC=O)c1I)C(=O)OC(=O)c1c(I)c(NC(C)=O)c(I)c(C(=O)NCCO)c1I. The Kier molecular flexibility index (Phi) is 17.7. The van der Waals surface area contributed by atoms with Gasteiger partial charge < -0.3 is 30.6 Å². The molecule has 43 heavy (non-hydrogen) atoms. The van der Waals surface area contributed by atoms with Gasteiger partial charge in [-0.1, -0.05) is 6.92 Å². The van der Waals surface area contributed by atoms with E-state index in [0.717, 1.165) is 28.2 Å². The number of ether oxygens (including phenoxy) is 1. The number of aldehydes is 1. The molecular weight excluding hydrogens is 1240 g/mol. The molecule has 0 bridgehead atoms. The third-order valence-electron chi connectivity index (χ3n) is 5.98. The minimum Gasteiger partial charge on any atom is -0.395 e. The van der Waals surface area contributed by atoms with Crippen molar-refractivity contribution in [2.45, 2.75) is 39.5 Å². The molecule has 0 aliphatic rings. The number of amides is 2. The summed E-state index contributed by atoms with van der Waals surface area (Å²) in [5, 5.41) is 17.8. The first-order valence-electron chi connectivity index (χ1n) is 12.8. The van der Waals surface area contributed by atoms with E-state index in [1.165, 1.54) is 6.92 Å². The second kappa shape index (κ2) is 19.2. The van der Waals surface area contributed by atoms with Crippen LogP contribution in [0.15, 0.2) is 6.07 Å². The Bertz CT molecular complexity index is 1420. The molecule has 234 valence electrons. The van der Waals surface area contributed by atoms with Crippen molar-refractivity contribution in [2.24, 2.45) is 5.92 Å². The molecule has 2 aromatic rings. The first-order chi connectivity index (χ1) is 20.3. The van der Waals surface area contributed by atoms with Gasteiger partial charge in [0, 0.05) is 40.7 Å². The zero-order chi connectivity index (χ0) is 32.4. The van der Waals surface area contributed by atoms with Crippen molar-refractivity contribution in [2.75, 3.05) is 30.3 Å². The van der Waals surface area contributed by atoms with E-state index in [2.05, 4.69) is 83.7 Å². The summed E-state index contributed by atoms with van der Waals surface area (Å²) < 4.78 is 9.38. The zero-order valence-electron chi connectivity index (χ0n) is 22.8. The second-order valence-corrected chi connectivity index (χ2v) is 15.6. The average Bonchev–Trinajstić information content (AvgIpc) is 2.93. The van der Waals surface area contributed by atoms with Crippen molar-refractivity contribution >= 4 is 177 Å². The lowest BCUT2D eigenvalue weighted by Crippen LogP contribution is -2.30. The summed E-state index contributed by atoms with van der Waals surface area (Å²) in [6.45, 7) is 3.50. The summed E-state index contributed by atoms with van der Waals surface area (Å²) in [6, 6.07) is 2.02. The zero-order valence-corrected chi connectivity index (χ0v) is 35.8. The van der Waals surface area contributed by atoms with Crippen LogP contribution in [-0.4, -0.2) is 54.8 Å². The Labute approximate surface area is 331 Å². The molecule has 10 nitrogen and oxygen atoms in total. The van der Waals surface area contributed by atoms with E-state index in [-0.39, 0.29) is 33.5 Å². The van der Waals surface area contributed by atoms with Crippen LogP contribution in [0.1, 0.15) is 59.4 Å². The Hall–Kier alpha value is 0.330. The number of anilines is 2. The summed E-state index contributed by atoms with van der Waals surface area (Å²) in [5.41, 5.74) is 2.25. The van der Waals surface area contributed by atoms with Crippen LogP contribution in [0.3, 0.4) is 0 Å². The van der Waals surface area contributed by atoms with Gasteiger partial charge in [0.2, 0.25) is 5.91 Å². The van der Waals surface area contributed by atoms with Gasteiger partial charge in [-0.05, 0) is 166 Å². The molecule has 1 unspecified atom stereocenters. The minimum atomic E-state index is -0.930. The number of unbranched alkanes of at least 4 members (excludes halogenated alkanes) is 1. The van der Waals surface area contributed by atoms with Gasteiger partial charge in [0.15, 0.2) is 0 Å². The van der Waals surface area contributed by atoms with Crippen LogP contribution >= 0.6 is 136 Å². The van der Waals surface area contributed by atoms with E-state index in [1.807, 2.05) is 80.8 Å². The molecule has 0 aliphatic heterocycles. The lowest BCUT2D eigenvalue weighted by molar-refractivity contribution is -0.142. The van der Waals surface area contributed by atoms with Gasteiger partial charge >= 0.3 is 11.9 Å².